The summed E-state index contributed by atoms with van der Waals surface area (Å²) in [6.07, 6.45) is 0. The van der Waals surface area contributed by atoms with E-state index in [1.54, 1.807) is 12.1 Å². The second kappa shape index (κ2) is 11.5. The van der Waals surface area contributed by atoms with Crippen molar-refractivity contribution < 1.29 is 18.4 Å². The molecule has 0 bridgehead atoms. The Morgan fingerprint density at radius 2 is 1.59 bits per heavy atom. The first kappa shape index (κ1) is 24.9. The summed E-state index contributed by atoms with van der Waals surface area (Å²) in [5, 5.41) is 4.26. The first-order chi connectivity index (χ1) is 18.1. The van der Waals surface area contributed by atoms with E-state index in [9.17, 15) is 4.39 Å². The summed E-state index contributed by atoms with van der Waals surface area (Å²) >= 11 is 0. The van der Waals surface area contributed by atoms with E-state index in [0.29, 0.717) is 76.0 Å². The van der Waals surface area contributed by atoms with Crippen molar-refractivity contribution in [3.8, 4) is 11.1 Å². The quantitative estimate of drug-likeness (QED) is 0.426. The smallest absolute Gasteiger partial charge is 0.253 e. The highest BCUT2D eigenvalue weighted by atomic mass is 19.1. The van der Waals surface area contributed by atoms with Crippen molar-refractivity contribution >= 4 is 17.8 Å². The molecular formula is C27H31FN6O3. The first-order valence-corrected chi connectivity index (χ1v) is 12.5. The number of aliphatic imine (C=N–C) groups is 2. The minimum atomic E-state index is -0.240. The minimum absolute atomic E-state index is 0.0453. The summed E-state index contributed by atoms with van der Waals surface area (Å²) in [6.45, 7) is 7.14. The topological polar surface area (TPSA) is 102 Å². The van der Waals surface area contributed by atoms with Crippen LogP contribution in [0.2, 0.25) is 0 Å². The van der Waals surface area contributed by atoms with E-state index >= 15 is 0 Å². The molecule has 2 aromatic carbocycles. The molecule has 10 heteroatoms. The molecule has 0 amide bonds. The number of hydrogen-bond acceptors (Lipinski definition) is 5. The third-order valence-corrected chi connectivity index (χ3v) is 6.61. The van der Waals surface area contributed by atoms with Gasteiger partial charge in [-0.25, -0.2) is 4.39 Å². The Labute approximate surface area is 215 Å². The van der Waals surface area contributed by atoms with Gasteiger partial charge in [-0.1, -0.05) is 54.5 Å². The van der Waals surface area contributed by atoms with E-state index in [1.807, 2.05) is 53.1 Å². The molecule has 9 nitrogen and oxygen atoms in total. The Balaban J connectivity index is 1.36. The monoisotopic (exact) mass is 506 g/mol. The summed E-state index contributed by atoms with van der Waals surface area (Å²) in [5.41, 5.74) is 9.49. The highest BCUT2D eigenvalue weighted by molar-refractivity contribution is 5.95. The zero-order valence-electron chi connectivity index (χ0n) is 20.8. The number of ether oxygens (including phenoxy) is 2. The van der Waals surface area contributed by atoms with Gasteiger partial charge in [-0.05, 0) is 17.2 Å². The molecule has 2 fully saturated rings. The number of morpholine rings is 2. The summed E-state index contributed by atoms with van der Waals surface area (Å²) < 4.78 is 30.6. The lowest BCUT2D eigenvalue weighted by Crippen LogP contribution is -2.47. The van der Waals surface area contributed by atoms with E-state index < -0.39 is 0 Å². The second-order valence-corrected chi connectivity index (χ2v) is 8.99. The maximum Gasteiger partial charge on any atom is 0.253 e. The molecule has 2 saturated heterocycles. The van der Waals surface area contributed by atoms with E-state index in [2.05, 4.69) is 15.1 Å². The van der Waals surface area contributed by atoms with Gasteiger partial charge in [-0.15, -0.1) is 0 Å². The molecule has 1 aromatic heterocycles. The van der Waals surface area contributed by atoms with Gasteiger partial charge in [0, 0.05) is 43.7 Å². The molecule has 2 aliphatic rings. The van der Waals surface area contributed by atoms with Gasteiger partial charge in [0.15, 0.2) is 5.96 Å². The Morgan fingerprint density at radius 3 is 2.27 bits per heavy atom. The molecule has 1 atom stereocenters. The normalized spacial score (nSPS) is 18.2. The van der Waals surface area contributed by atoms with Crippen molar-refractivity contribution in [3.63, 3.8) is 0 Å². The van der Waals surface area contributed by atoms with Crippen LogP contribution in [0.15, 0.2) is 69.1 Å². The number of aromatic nitrogens is 1. The molecule has 1 unspecified atom stereocenters. The molecule has 194 valence electrons. The zero-order chi connectivity index (χ0) is 25.6. The number of nitrogens with two attached hydrogens (primary N) is 1. The van der Waals surface area contributed by atoms with Crippen molar-refractivity contribution in [2.75, 3.05) is 52.6 Å². The van der Waals surface area contributed by atoms with Gasteiger partial charge in [0.2, 0.25) is 5.96 Å². The van der Waals surface area contributed by atoms with Gasteiger partial charge in [-0.3, -0.25) is 0 Å². The van der Waals surface area contributed by atoms with Crippen LogP contribution in [-0.2, 0) is 9.47 Å². The number of benzene rings is 2. The third-order valence-electron chi connectivity index (χ3n) is 6.61. The molecule has 5 rings (SSSR count). The predicted octanol–water partition coefficient (Wildman–Crippen LogP) is 3.60. The van der Waals surface area contributed by atoms with Crippen LogP contribution in [0.1, 0.15) is 24.1 Å². The molecule has 0 saturated carbocycles. The first-order valence-electron chi connectivity index (χ1n) is 12.5. The van der Waals surface area contributed by atoms with Gasteiger partial charge in [-0.2, -0.15) is 9.98 Å². The van der Waals surface area contributed by atoms with Crippen LogP contribution < -0.4 is 5.73 Å². The molecule has 0 radical (unpaired) electrons. The average molecular weight is 507 g/mol. The van der Waals surface area contributed by atoms with E-state index in [1.165, 1.54) is 6.07 Å². The molecule has 3 aromatic rings. The SMILES string of the molecule is CC(c1ccc(-c2ccccc2F)cc1)c1cc(/N=C(\N=C(/N)N2CCOCC2)N2CCOCC2)on1. The molecule has 2 N–H and O–H groups in total. The number of guanidine groups is 2. The van der Waals surface area contributed by atoms with Crippen LogP contribution in [0.5, 0.6) is 0 Å². The third kappa shape index (κ3) is 5.98. The number of hydrogen-bond donors (Lipinski definition) is 1. The van der Waals surface area contributed by atoms with Crippen molar-refractivity contribution in [2.45, 2.75) is 12.8 Å². The fourth-order valence-corrected chi connectivity index (χ4v) is 4.35. The van der Waals surface area contributed by atoms with Gasteiger partial charge in [0.1, 0.15) is 5.82 Å². The standard InChI is InChI=1S/C27H31FN6O3/c1-19(20-6-8-21(9-7-20)22-4-2-3-5-23(22)28)24-18-25(37-32-24)30-27(34-12-16-36-17-13-34)31-26(29)33-10-14-35-15-11-33/h2-9,18-19H,10-17H2,1H3,(H2,29,30,31). The summed E-state index contributed by atoms with van der Waals surface area (Å²) in [4.78, 5) is 13.3. The number of nitrogens with zero attached hydrogens (tertiary/aromatic N) is 5. The maximum atomic E-state index is 14.2. The molecule has 3 heterocycles. The second-order valence-electron chi connectivity index (χ2n) is 8.99. The lowest BCUT2D eigenvalue weighted by atomic mass is 9.95. The Bertz CT molecular complexity index is 1250. The van der Waals surface area contributed by atoms with Crippen LogP contribution in [-0.4, -0.2) is 79.5 Å². The summed E-state index contributed by atoms with van der Waals surface area (Å²) in [5.74, 6) is 0.935. The molecule has 0 aliphatic carbocycles. The lowest BCUT2D eigenvalue weighted by Gasteiger charge is -2.30. The van der Waals surface area contributed by atoms with Crippen molar-refractivity contribution in [1.82, 2.24) is 15.0 Å². The van der Waals surface area contributed by atoms with E-state index in [-0.39, 0.29) is 11.7 Å². The molecule has 37 heavy (non-hydrogen) atoms. The van der Waals surface area contributed by atoms with Crippen molar-refractivity contribution in [3.05, 3.63) is 71.7 Å². The van der Waals surface area contributed by atoms with Gasteiger partial charge >= 0.3 is 0 Å². The lowest BCUT2D eigenvalue weighted by molar-refractivity contribution is 0.0657. The Kier molecular flexibility index (Phi) is 7.76. The largest absolute Gasteiger partial charge is 0.378 e. The molecule has 2 aliphatic heterocycles. The van der Waals surface area contributed by atoms with Crippen LogP contribution in [0.25, 0.3) is 11.1 Å². The summed E-state index contributed by atoms with van der Waals surface area (Å²) in [6, 6.07) is 16.4. The average Bonchev–Trinajstić information content (AvgIpc) is 3.42. The van der Waals surface area contributed by atoms with Crippen LogP contribution in [0, 0.1) is 5.82 Å². The van der Waals surface area contributed by atoms with Crippen LogP contribution in [0.3, 0.4) is 0 Å². The number of halogens is 1. The van der Waals surface area contributed by atoms with E-state index in [0.717, 1.165) is 16.8 Å². The predicted molar refractivity (Wildman–Crippen MR) is 139 cm³/mol. The molecule has 0 spiro atoms. The number of rotatable bonds is 4. The van der Waals surface area contributed by atoms with Gasteiger partial charge in [0.05, 0.1) is 32.1 Å². The Morgan fingerprint density at radius 1 is 0.946 bits per heavy atom. The highest BCUT2D eigenvalue weighted by Crippen LogP contribution is 2.29. The molecular weight excluding hydrogens is 475 g/mol. The van der Waals surface area contributed by atoms with Gasteiger partial charge in [0.25, 0.3) is 5.88 Å². The summed E-state index contributed by atoms with van der Waals surface area (Å²) in [7, 11) is 0. The van der Waals surface area contributed by atoms with Crippen LogP contribution >= 0.6 is 0 Å². The van der Waals surface area contributed by atoms with Gasteiger partial charge < -0.3 is 29.5 Å². The fraction of sp³-hybridized carbons (Fsp3) is 0.370. The van der Waals surface area contributed by atoms with Crippen molar-refractivity contribution in [2.24, 2.45) is 15.7 Å². The minimum Gasteiger partial charge on any atom is -0.378 e. The maximum absolute atomic E-state index is 14.2. The Hall–Kier alpha value is -3.76. The van der Waals surface area contributed by atoms with Crippen LogP contribution in [0.4, 0.5) is 10.3 Å². The van der Waals surface area contributed by atoms with Crippen molar-refractivity contribution in [1.29, 1.82) is 0 Å². The zero-order valence-corrected chi connectivity index (χ0v) is 20.8. The fourth-order valence-electron chi connectivity index (χ4n) is 4.35. The highest BCUT2D eigenvalue weighted by Gasteiger charge is 2.20. The van der Waals surface area contributed by atoms with E-state index in [4.69, 9.17) is 19.7 Å².